The van der Waals surface area contributed by atoms with Gasteiger partial charge in [0.2, 0.25) is 11.0 Å². The highest BCUT2D eigenvalue weighted by molar-refractivity contribution is 7.18. The van der Waals surface area contributed by atoms with Gasteiger partial charge in [-0.3, -0.25) is 10.1 Å². The molecule has 3 rings (SSSR count). The van der Waals surface area contributed by atoms with Crippen LogP contribution in [0.15, 0.2) is 48.5 Å². The number of urea groups is 1. The molecule has 0 saturated carbocycles. The third-order valence-electron chi connectivity index (χ3n) is 4.09. The van der Waals surface area contributed by atoms with Crippen molar-refractivity contribution < 1.29 is 18.4 Å². The van der Waals surface area contributed by atoms with E-state index in [1.807, 2.05) is 30.3 Å². The summed E-state index contributed by atoms with van der Waals surface area (Å²) in [5.74, 6) is -2.83. The maximum absolute atomic E-state index is 13.3. The van der Waals surface area contributed by atoms with Gasteiger partial charge in [0.15, 0.2) is 11.6 Å². The quantitative estimate of drug-likeness (QED) is 0.543. The van der Waals surface area contributed by atoms with Crippen LogP contribution in [0.1, 0.15) is 13.8 Å². The molecule has 0 bridgehead atoms. The lowest BCUT2D eigenvalue weighted by atomic mass is 10.0. The van der Waals surface area contributed by atoms with Crippen molar-refractivity contribution >= 4 is 34.1 Å². The van der Waals surface area contributed by atoms with Crippen molar-refractivity contribution in [1.82, 2.24) is 15.5 Å². The van der Waals surface area contributed by atoms with Gasteiger partial charge >= 0.3 is 6.03 Å². The Kier molecular flexibility index (Phi) is 6.68. The Hall–Kier alpha value is -3.40. The Labute approximate surface area is 175 Å². The first-order valence-electron chi connectivity index (χ1n) is 9.06. The lowest BCUT2D eigenvalue weighted by molar-refractivity contribution is -0.118. The van der Waals surface area contributed by atoms with E-state index in [1.54, 1.807) is 13.8 Å². The Morgan fingerprint density at radius 2 is 1.70 bits per heavy atom. The number of hydrogen-bond donors (Lipinski definition) is 3. The fourth-order valence-corrected chi connectivity index (χ4v) is 3.32. The zero-order chi connectivity index (χ0) is 21.7. The maximum Gasteiger partial charge on any atom is 0.319 e. The molecule has 7 nitrogen and oxygen atoms in total. The van der Waals surface area contributed by atoms with E-state index in [0.29, 0.717) is 10.1 Å². The molecule has 30 heavy (non-hydrogen) atoms. The van der Waals surface area contributed by atoms with Crippen molar-refractivity contribution in [1.29, 1.82) is 0 Å². The van der Waals surface area contributed by atoms with Crippen LogP contribution in [0.3, 0.4) is 0 Å². The van der Waals surface area contributed by atoms with Crippen LogP contribution in [-0.2, 0) is 4.79 Å². The largest absolute Gasteiger partial charge is 0.326 e. The molecule has 10 heteroatoms. The number of benzene rings is 2. The normalized spacial score (nSPS) is 11.8. The number of nitrogens with one attached hydrogen (secondary N) is 3. The van der Waals surface area contributed by atoms with Crippen LogP contribution in [0.5, 0.6) is 0 Å². The van der Waals surface area contributed by atoms with Crippen LogP contribution < -0.4 is 16.0 Å². The van der Waals surface area contributed by atoms with E-state index < -0.39 is 29.6 Å². The van der Waals surface area contributed by atoms with Gasteiger partial charge in [-0.2, -0.15) is 0 Å². The second-order valence-corrected chi connectivity index (χ2v) is 7.69. The van der Waals surface area contributed by atoms with Crippen LogP contribution >= 0.6 is 11.3 Å². The first-order chi connectivity index (χ1) is 14.3. The summed E-state index contributed by atoms with van der Waals surface area (Å²) in [5.41, 5.74) is 0.936. The van der Waals surface area contributed by atoms with E-state index in [4.69, 9.17) is 0 Å². The number of nitrogens with zero attached hydrogens (tertiary/aromatic N) is 2. The lowest BCUT2D eigenvalue weighted by Gasteiger charge is -2.21. The molecule has 1 aromatic heterocycles. The molecule has 2 aromatic carbocycles. The first kappa shape index (κ1) is 21.3. The minimum absolute atomic E-state index is 0.0611. The average molecular weight is 431 g/mol. The van der Waals surface area contributed by atoms with Gasteiger partial charge in [-0.15, -0.1) is 10.2 Å². The smallest absolute Gasteiger partial charge is 0.319 e. The van der Waals surface area contributed by atoms with E-state index in [0.717, 1.165) is 17.7 Å². The molecular weight excluding hydrogens is 412 g/mol. The summed E-state index contributed by atoms with van der Waals surface area (Å²) >= 11 is 1.21. The number of hydrogen-bond acceptors (Lipinski definition) is 5. The van der Waals surface area contributed by atoms with Gasteiger partial charge in [0.1, 0.15) is 11.0 Å². The second-order valence-electron chi connectivity index (χ2n) is 6.72. The molecule has 1 atom stereocenters. The third-order valence-corrected chi connectivity index (χ3v) is 4.98. The highest BCUT2D eigenvalue weighted by Crippen LogP contribution is 2.26. The fraction of sp³-hybridized carbons (Fsp3) is 0.200. The number of halogens is 2. The number of carbonyl (C=O) groups excluding carboxylic acids is 2. The summed E-state index contributed by atoms with van der Waals surface area (Å²) in [7, 11) is 0. The molecule has 0 aliphatic carbocycles. The van der Waals surface area contributed by atoms with Crippen molar-refractivity contribution in [3.8, 4) is 10.6 Å². The lowest BCUT2D eigenvalue weighted by Crippen LogP contribution is -2.48. The molecule has 3 aromatic rings. The van der Waals surface area contributed by atoms with Crippen molar-refractivity contribution in [2.45, 2.75) is 19.9 Å². The van der Waals surface area contributed by atoms with Gasteiger partial charge in [0.05, 0.1) is 0 Å². The molecule has 0 fully saturated rings. The summed E-state index contributed by atoms with van der Waals surface area (Å²) in [6, 6.07) is 10.8. The average Bonchev–Trinajstić information content (AvgIpc) is 3.18. The highest BCUT2D eigenvalue weighted by Gasteiger charge is 2.25. The Balaban J connectivity index is 1.64. The maximum atomic E-state index is 13.3. The minimum Gasteiger partial charge on any atom is -0.326 e. The molecule has 0 aliphatic heterocycles. The zero-order valence-corrected chi connectivity index (χ0v) is 17.0. The number of anilines is 2. The number of amides is 3. The van der Waals surface area contributed by atoms with Crippen molar-refractivity contribution in [2.75, 3.05) is 10.6 Å². The van der Waals surface area contributed by atoms with Crippen LogP contribution in [0, 0.1) is 17.6 Å². The molecule has 0 spiro atoms. The van der Waals surface area contributed by atoms with Gasteiger partial charge in [-0.05, 0) is 18.1 Å². The number of aromatic nitrogens is 2. The predicted octanol–water partition coefficient (Wildman–Crippen LogP) is 4.27. The van der Waals surface area contributed by atoms with E-state index in [9.17, 15) is 18.4 Å². The van der Waals surface area contributed by atoms with Crippen LogP contribution in [0.2, 0.25) is 0 Å². The van der Waals surface area contributed by atoms with Crippen molar-refractivity contribution in [3.63, 3.8) is 0 Å². The van der Waals surface area contributed by atoms with Crippen LogP contribution in [-0.4, -0.2) is 28.2 Å². The van der Waals surface area contributed by atoms with Gasteiger partial charge in [-0.1, -0.05) is 55.5 Å². The van der Waals surface area contributed by atoms with E-state index in [-0.39, 0.29) is 11.6 Å². The topological polar surface area (TPSA) is 96.0 Å². The molecule has 1 heterocycles. The fourth-order valence-electron chi connectivity index (χ4n) is 2.57. The molecule has 156 valence electrons. The second kappa shape index (κ2) is 9.40. The highest BCUT2D eigenvalue weighted by atomic mass is 32.1. The zero-order valence-electron chi connectivity index (χ0n) is 16.1. The predicted molar refractivity (Wildman–Crippen MR) is 111 cm³/mol. The molecule has 0 aliphatic rings. The minimum atomic E-state index is -1.09. The summed E-state index contributed by atoms with van der Waals surface area (Å²) in [5, 5.41) is 16.5. The SMILES string of the molecule is CC(C)C(NC(=O)Nc1ccc(F)c(F)c1)C(=O)Nc1nnc(-c2ccccc2)s1. The van der Waals surface area contributed by atoms with Crippen molar-refractivity contribution in [3.05, 3.63) is 60.2 Å². The first-order valence-corrected chi connectivity index (χ1v) is 9.87. The molecule has 0 saturated heterocycles. The molecule has 3 N–H and O–H groups in total. The molecule has 3 amide bonds. The molecular formula is C20H19F2N5O2S. The Bertz CT molecular complexity index is 1040. The summed E-state index contributed by atoms with van der Waals surface area (Å²) in [6.45, 7) is 3.52. The molecule has 0 radical (unpaired) electrons. The third kappa shape index (κ3) is 5.35. The number of carbonyl (C=O) groups is 2. The van der Waals surface area contributed by atoms with Crippen molar-refractivity contribution in [2.24, 2.45) is 5.92 Å². The van der Waals surface area contributed by atoms with E-state index in [2.05, 4.69) is 26.1 Å². The van der Waals surface area contributed by atoms with Gasteiger partial charge in [0, 0.05) is 17.3 Å². The summed E-state index contributed by atoms with van der Waals surface area (Å²) < 4.78 is 26.3. The monoisotopic (exact) mass is 431 g/mol. The van der Waals surface area contributed by atoms with Gasteiger partial charge in [0.25, 0.3) is 0 Å². The Morgan fingerprint density at radius 1 is 0.967 bits per heavy atom. The van der Waals surface area contributed by atoms with Crippen LogP contribution in [0.25, 0.3) is 10.6 Å². The van der Waals surface area contributed by atoms with Gasteiger partial charge < -0.3 is 10.6 Å². The van der Waals surface area contributed by atoms with E-state index in [1.165, 1.54) is 17.4 Å². The summed E-state index contributed by atoms with van der Waals surface area (Å²) in [4.78, 5) is 24.9. The molecule has 1 unspecified atom stereocenters. The number of rotatable bonds is 6. The van der Waals surface area contributed by atoms with Gasteiger partial charge in [-0.25, -0.2) is 13.6 Å². The van der Waals surface area contributed by atoms with Crippen LogP contribution in [0.4, 0.5) is 24.4 Å². The van der Waals surface area contributed by atoms with E-state index >= 15 is 0 Å². The standard InChI is InChI=1S/C20H19F2N5O2S/c1-11(2)16(24-19(29)23-13-8-9-14(21)15(22)10-13)17(28)25-20-27-26-18(30-20)12-6-4-3-5-7-12/h3-11,16H,1-2H3,(H2,23,24,29)(H,25,27,28). The Morgan fingerprint density at radius 3 is 2.37 bits per heavy atom. The summed E-state index contributed by atoms with van der Waals surface area (Å²) in [6.07, 6.45) is 0.